The first-order valence-electron chi connectivity index (χ1n) is 10.8. The normalized spacial score (nSPS) is 23.9. The molecule has 5 heteroatoms. The van der Waals surface area contributed by atoms with Crippen LogP contribution in [0.2, 0.25) is 0 Å². The van der Waals surface area contributed by atoms with Crippen LogP contribution in [0.15, 0.2) is 60.7 Å². The molecular weight excluding hydrogens is 378 g/mol. The number of nitrogens with zero attached hydrogens (tertiary/aromatic N) is 1. The van der Waals surface area contributed by atoms with Gasteiger partial charge in [-0.3, -0.25) is 4.90 Å². The lowest BCUT2D eigenvalue weighted by atomic mass is 9.82. The van der Waals surface area contributed by atoms with Crippen molar-refractivity contribution in [2.45, 2.75) is 50.7 Å². The maximum absolute atomic E-state index is 12.9. The summed E-state index contributed by atoms with van der Waals surface area (Å²) in [6, 6.07) is 18.4. The van der Waals surface area contributed by atoms with Gasteiger partial charge >= 0.3 is 6.09 Å². The van der Waals surface area contributed by atoms with Gasteiger partial charge in [0.15, 0.2) is 6.29 Å². The van der Waals surface area contributed by atoms with Crippen LogP contribution in [0.3, 0.4) is 0 Å². The van der Waals surface area contributed by atoms with Crippen LogP contribution in [-0.2, 0) is 20.8 Å². The monoisotopic (exact) mass is 405 g/mol. The zero-order valence-electron chi connectivity index (χ0n) is 17.0. The van der Waals surface area contributed by atoms with Gasteiger partial charge in [-0.1, -0.05) is 60.7 Å². The largest absolute Gasteiger partial charge is 0.445 e. The lowest BCUT2D eigenvalue weighted by Gasteiger charge is -2.44. The van der Waals surface area contributed by atoms with Crippen molar-refractivity contribution in [2.24, 2.45) is 0 Å². The zero-order valence-corrected chi connectivity index (χ0v) is 17.0. The number of piperidine rings is 1. The number of ether oxygens (including phenoxy) is 3. The van der Waals surface area contributed by atoms with E-state index in [-0.39, 0.29) is 24.5 Å². The smallest absolute Gasteiger partial charge is 0.410 e. The summed E-state index contributed by atoms with van der Waals surface area (Å²) in [5.74, 6) is 0. The summed E-state index contributed by atoms with van der Waals surface area (Å²) in [6.45, 7) is 1.57. The van der Waals surface area contributed by atoms with Gasteiger partial charge in [-0.2, -0.15) is 0 Å². The predicted molar refractivity (Wildman–Crippen MR) is 114 cm³/mol. The van der Waals surface area contributed by atoms with E-state index in [0.29, 0.717) is 19.8 Å². The van der Waals surface area contributed by atoms with Crippen molar-refractivity contribution in [3.8, 4) is 0 Å². The Hall–Kier alpha value is -2.63. The third kappa shape index (κ3) is 3.87. The summed E-state index contributed by atoms with van der Waals surface area (Å²) < 4.78 is 17.2. The highest BCUT2D eigenvalue weighted by atomic mass is 16.7. The van der Waals surface area contributed by atoms with Gasteiger partial charge in [-0.15, -0.1) is 0 Å². The fourth-order valence-corrected chi connectivity index (χ4v) is 4.84. The van der Waals surface area contributed by atoms with E-state index in [2.05, 4.69) is 24.3 Å². The molecule has 3 aliphatic heterocycles. The molecule has 2 aromatic rings. The van der Waals surface area contributed by atoms with Crippen LogP contribution in [0, 0.1) is 0 Å². The van der Waals surface area contributed by atoms with Crippen LogP contribution in [0.1, 0.15) is 48.7 Å². The van der Waals surface area contributed by atoms with Gasteiger partial charge in [0.2, 0.25) is 0 Å². The molecule has 30 heavy (non-hydrogen) atoms. The van der Waals surface area contributed by atoms with Gasteiger partial charge in [-0.25, -0.2) is 4.79 Å². The Balaban J connectivity index is 1.36. The Labute approximate surface area is 177 Å². The van der Waals surface area contributed by atoms with Gasteiger partial charge in [0.1, 0.15) is 6.61 Å². The van der Waals surface area contributed by atoms with E-state index in [4.69, 9.17) is 14.2 Å². The molecule has 2 saturated heterocycles. The van der Waals surface area contributed by atoms with Crippen molar-refractivity contribution >= 4 is 11.7 Å². The number of fused-ring (bicyclic) bond motifs is 2. The SMILES string of the molecule is O=C(OCc1ccccc1)N1C2C=C(c3ccccc3C3OCCO3)CC1CCC2. The van der Waals surface area contributed by atoms with Crippen LogP contribution >= 0.6 is 0 Å². The lowest BCUT2D eigenvalue weighted by molar-refractivity contribution is -0.0443. The molecule has 2 aromatic carbocycles. The van der Waals surface area contributed by atoms with Gasteiger partial charge < -0.3 is 14.2 Å². The molecule has 0 radical (unpaired) electrons. The Kier molecular flexibility index (Phi) is 5.56. The highest BCUT2D eigenvalue weighted by molar-refractivity contribution is 5.75. The quantitative estimate of drug-likeness (QED) is 0.712. The van der Waals surface area contributed by atoms with Gasteiger partial charge in [0.25, 0.3) is 0 Å². The van der Waals surface area contributed by atoms with Crippen molar-refractivity contribution in [1.29, 1.82) is 0 Å². The number of hydrogen-bond donors (Lipinski definition) is 0. The Morgan fingerprint density at radius 2 is 1.77 bits per heavy atom. The second-order valence-electron chi connectivity index (χ2n) is 8.16. The maximum Gasteiger partial charge on any atom is 0.410 e. The first-order chi connectivity index (χ1) is 14.8. The first-order valence-corrected chi connectivity index (χ1v) is 10.8. The molecule has 0 spiro atoms. The van der Waals surface area contributed by atoms with Crippen LogP contribution < -0.4 is 0 Å². The van der Waals surface area contributed by atoms with Gasteiger partial charge in [-0.05, 0) is 42.4 Å². The minimum absolute atomic E-state index is 0.0780. The molecule has 5 nitrogen and oxygen atoms in total. The molecule has 5 rings (SSSR count). The number of benzene rings is 2. The molecule has 3 heterocycles. The van der Waals surface area contributed by atoms with Crippen molar-refractivity contribution in [1.82, 2.24) is 4.90 Å². The van der Waals surface area contributed by atoms with Crippen molar-refractivity contribution in [3.63, 3.8) is 0 Å². The van der Waals surface area contributed by atoms with Gasteiger partial charge in [0.05, 0.1) is 19.3 Å². The number of hydrogen-bond acceptors (Lipinski definition) is 4. The Morgan fingerprint density at radius 3 is 2.57 bits per heavy atom. The third-order valence-corrected chi connectivity index (χ3v) is 6.24. The second kappa shape index (κ2) is 8.62. The molecule has 156 valence electrons. The molecule has 3 aliphatic rings. The molecule has 0 aliphatic carbocycles. The van der Waals surface area contributed by atoms with E-state index in [1.165, 1.54) is 11.1 Å². The molecule has 1 amide bonds. The number of rotatable bonds is 4. The average Bonchev–Trinajstić information content (AvgIpc) is 3.32. The molecular formula is C25H27NO4. The van der Waals surface area contributed by atoms with E-state index >= 15 is 0 Å². The van der Waals surface area contributed by atoms with Crippen LogP contribution in [0.25, 0.3) is 5.57 Å². The first kappa shape index (κ1) is 19.3. The highest BCUT2D eigenvalue weighted by Crippen LogP contribution is 2.40. The lowest BCUT2D eigenvalue weighted by Crippen LogP contribution is -2.51. The average molecular weight is 405 g/mol. The van der Waals surface area contributed by atoms with Crippen molar-refractivity contribution < 1.29 is 19.0 Å². The van der Waals surface area contributed by atoms with E-state index < -0.39 is 0 Å². The van der Waals surface area contributed by atoms with Crippen molar-refractivity contribution in [3.05, 3.63) is 77.4 Å². The second-order valence-corrected chi connectivity index (χ2v) is 8.16. The molecule has 0 N–H and O–H groups in total. The third-order valence-electron chi connectivity index (χ3n) is 6.24. The Morgan fingerprint density at radius 1 is 1.00 bits per heavy atom. The van der Waals surface area contributed by atoms with E-state index in [0.717, 1.165) is 36.8 Å². The predicted octanol–water partition coefficient (Wildman–Crippen LogP) is 5.08. The minimum atomic E-state index is -0.296. The summed E-state index contributed by atoms with van der Waals surface area (Å²) in [7, 11) is 0. The zero-order chi connectivity index (χ0) is 20.3. The molecule has 2 unspecified atom stereocenters. The van der Waals surface area contributed by atoms with Crippen LogP contribution in [-0.4, -0.2) is 36.3 Å². The molecule has 2 atom stereocenters. The maximum atomic E-state index is 12.9. The molecule has 0 saturated carbocycles. The van der Waals surface area contributed by atoms with Crippen LogP contribution in [0.5, 0.6) is 0 Å². The summed E-state index contributed by atoms with van der Waals surface area (Å²) in [5.41, 5.74) is 4.55. The summed E-state index contributed by atoms with van der Waals surface area (Å²) in [5, 5.41) is 0. The van der Waals surface area contributed by atoms with E-state index in [9.17, 15) is 4.79 Å². The topological polar surface area (TPSA) is 48.0 Å². The fraction of sp³-hybridized carbons (Fsp3) is 0.400. The highest BCUT2D eigenvalue weighted by Gasteiger charge is 2.39. The summed E-state index contributed by atoms with van der Waals surface area (Å²) in [6.07, 6.45) is 5.70. The number of carbonyl (C=O) groups excluding carboxylic acids is 1. The summed E-state index contributed by atoms with van der Waals surface area (Å²) >= 11 is 0. The standard InChI is InChI=1S/C25H27NO4/c27-25(30-17-18-7-2-1-3-8-18)26-20-9-6-10-21(26)16-19(15-20)22-11-4-5-12-23(22)24-28-13-14-29-24/h1-5,7-8,11-12,15,20-21,24H,6,9-10,13-14,16-17H2. The molecule has 2 fully saturated rings. The van der Waals surface area contributed by atoms with Crippen LogP contribution in [0.4, 0.5) is 4.79 Å². The number of carbonyl (C=O) groups is 1. The molecule has 0 aromatic heterocycles. The van der Waals surface area contributed by atoms with Crippen molar-refractivity contribution in [2.75, 3.05) is 13.2 Å². The minimum Gasteiger partial charge on any atom is -0.445 e. The number of amides is 1. The van der Waals surface area contributed by atoms with Gasteiger partial charge in [0, 0.05) is 11.6 Å². The Bertz CT molecular complexity index is 920. The fourth-order valence-electron chi connectivity index (χ4n) is 4.84. The molecule has 2 bridgehead atoms. The van der Waals surface area contributed by atoms with E-state index in [1.807, 2.05) is 41.3 Å². The summed E-state index contributed by atoms with van der Waals surface area (Å²) in [4.78, 5) is 14.9. The van der Waals surface area contributed by atoms with E-state index in [1.54, 1.807) is 0 Å².